The van der Waals surface area contributed by atoms with Gasteiger partial charge < -0.3 is 9.47 Å². The predicted molar refractivity (Wildman–Crippen MR) is 114 cm³/mol. The van der Waals surface area contributed by atoms with Crippen molar-refractivity contribution >= 4 is 22.4 Å². The Labute approximate surface area is 169 Å². The van der Waals surface area contributed by atoms with Crippen LogP contribution >= 0.6 is 11.3 Å². The molecule has 0 unspecified atom stereocenters. The third kappa shape index (κ3) is 4.51. The first-order valence-electron chi connectivity index (χ1n) is 9.15. The summed E-state index contributed by atoms with van der Waals surface area (Å²) in [6, 6.07) is 13.2. The number of thiazole rings is 1. The largest absolute Gasteiger partial charge is 0.497 e. The van der Waals surface area contributed by atoms with Crippen molar-refractivity contribution in [2.75, 3.05) is 19.5 Å². The molecule has 6 heteroatoms. The fourth-order valence-corrected chi connectivity index (χ4v) is 3.93. The number of hydrogen-bond acceptors (Lipinski definition) is 5. The smallest absolute Gasteiger partial charge is 0.257 e. The number of rotatable bonds is 7. The van der Waals surface area contributed by atoms with E-state index in [1.54, 1.807) is 14.2 Å². The highest BCUT2D eigenvalue weighted by Gasteiger charge is 2.17. The highest BCUT2D eigenvalue weighted by molar-refractivity contribution is 7.16. The summed E-state index contributed by atoms with van der Waals surface area (Å²) in [5, 5.41) is 3.52. The van der Waals surface area contributed by atoms with Crippen LogP contribution in [0.4, 0.5) is 5.13 Å². The van der Waals surface area contributed by atoms with Gasteiger partial charge in [-0.15, -0.1) is 11.3 Å². The minimum absolute atomic E-state index is 0.161. The number of aromatic nitrogens is 1. The number of anilines is 1. The molecule has 146 valence electrons. The summed E-state index contributed by atoms with van der Waals surface area (Å²) < 4.78 is 10.8. The van der Waals surface area contributed by atoms with E-state index in [-0.39, 0.29) is 5.91 Å². The van der Waals surface area contributed by atoms with Gasteiger partial charge in [-0.3, -0.25) is 10.1 Å². The van der Waals surface area contributed by atoms with Crippen LogP contribution in [0, 0.1) is 6.92 Å². The minimum Gasteiger partial charge on any atom is -0.497 e. The van der Waals surface area contributed by atoms with Gasteiger partial charge in [0.05, 0.1) is 19.9 Å². The maximum atomic E-state index is 12.6. The van der Waals surface area contributed by atoms with Gasteiger partial charge in [-0.25, -0.2) is 4.98 Å². The van der Waals surface area contributed by atoms with Gasteiger partial charge in [0.1, 0.15) is 11.5 Å². The molecule has 0 saturated heterocycles. The zero-order valence-corrected chi connectivity index (χ0v) is 17.4. The van der Waals surface area contributed by atoms with Crippen molar-refractivity contribution in [3.8, 4) is 22.8 Å². The van der Waals surface area contributed by atoms with E-state index < -0.39 is 0 Å². The Morgan fingerprint density at radius 1 is 1.07 bits per heavy atom. The lowest BCUT2D eigenvalue weighted by atomic mass is 10.1. The number of carbonyl (C=O) groups excluding carboxylic acids is 1. The molecule has 0 radical (unpaired) electrons. The van der Waals surface area contributed by atoms with Crippen molar-refractivity contribution in [3.05, 3.63) is 58.5 Å². The van der Waals surface area contributed by atoms with E-state index in [9.17, 15) is 4.79 Å². The third-order valence-electron chi connectivity index (χ3n) is 4.33. The predicted octanol–water partition coefficient (Wildman–Crippen LogP) is 5.34. The van der Waals surface area contributed by atoms with E-state index in [2.05, 4.69) is 12.2 Å². The average Bonchev–Trinajstić information content (AvgIpc) is 3.10. The van der Waals surface area contributed by atoms with Gasteiger partial charge in [0.25, 0.3) is 5.91 Å². The van der Waals surface area contributed by atoms with Crippen LogP contribution in [-0.2, 0) is 6.42 Å². The molecule has 28 heavy (non-hydrogen) atoms. The Morgan fingerprint density at radius 3 is 2.29 bits per heavy atom. The monoisotopic (exact) mass is 396 g/mol. The van der Waals surface area contributed by atoms with Crippen molar-refractivity contribution in [1.29, 1.82) is 0 Å². The first-order valence-corrected chi connectivity index (χ1v) is 9.96. The Hall–Kier alpha value is -2.86. The fraction of sp³-hybridized carbons (Fsp3) is 0.273. The quantitative estimate of drug-likeness (QED) is 0.585. The molecule has 0 fully saturated rings. The SMILES string of the molecule is CCCc1sc(NC(=O)c2ccc(C)cc2)nc1-c1cc(OC)cc(OC)c1. The highest BCUT2D eigenvalue weighted by atomic mass is 32.1. The van der Waals surface area contributed by atoms with Gasteiger partial charge >= 0.3 is 0 Å². The van der Waals surface area contributed by atoms with Crippen LogP contribution in [0.1, 0.15) is 34.1 Å². The first kappa shape index (κ1) is 19.9. The molecule has 0 bridgehead atoms. The number of methoxy groups -OCH3 is 2. The number of carbonyl (C=O) groups is 1. The second kappa shape index (κ2) is 8.89. The molecule has 1 heterocycles. The first-order chi connectivity index (χ1) is 13.5. The molecule has 0 aliphatic heterocycles. The molecule has 0 aliphatic rings. The van der Waals surface area contributed by atoms with E-state index in [1.807, 2.05) is 49.4 Å². The molecular weight excluding hydrogens is 372 g/mol. The molecule has 0 aliphatic carbocycles. The summed E-state index contributed by atoms with van der Waals surface area (Å²) in [5.41, 5.74) is 3.49. The van der Waals surface area contributed by atoms with E-state index in [1.165, 1.54) is 11.3 Å². The van der Waals surface area contributed by atoms with Gasteiger partial charge in [0.15, 0.2) is 5.13 Å². The average molecular weight is 397 g/mol. The summed E-state index contributed by atoms with van der Waals surface area (Å²) >= 11 is 1.51. The molecule has 3 aromatic rings. The van der Waals surface area contributed by atoms with Crippen molar-refractivity contribution in [2.45, 2.75) is 26.7 Å². The van der Waals surface area contributed by atoms with Gasteiger partial charge in [-0.05, 0) is 37.6 Å². The number of nitrogens with one attached hydrogen (secondary N) is 1. The van der Waals surface area contributed by atoms with Crippen LogP contribution in [0.2, 0.25) is 0 Å². The van der Waals surface area contributed by atoms with Gasteiger partial charge in [-0.1, -0.05) is 31.0 Å². The molecule has 5 nitrogen and oxygen atoms in total. The Morgan fingerprint density at radius 2 is 1.71 bits per heavy atom. The minimum atomic E-state index is -0.161. The molecular formula is C22H24N2O3S. The normalized spacial score (nSPS) is 10.6. The molecule has 1 aromatic heterocycles. The van der Waals surface area contributed by atoms with Crippen molar-refractivity contribution in [1.82, 2.24) is 4.98 Å². The van der Waals surface area contributed by atoms with E-state index in [4.69, 9.17) is 14.5 Å². The van der Waals surface area contributed by atoms with E-state index in [0.29, 0.717) is 22.2 Å². The maximum Gasteiger partial charge on any atom is 0.257 e. The van der Waals surface area contributed by atoms with Crippen LogP contribution in [0.5, 0.6) is 11.5 Å². The van der Waals surface area contributed by atoms with Gasteiger partial charge in [-0.2, -0.15) is 0 Å². The molecule has 0 atom stereocenters. The maximum absolute atomic E-state index is 12.6. The topological polar surface area (TPSA) is 60.5 Å². The number of amides is 1. The zero-order valence-electron chi connectivity index (χ0n) is 16.5. The van der Waals surface area contributed by atoms with Crippen LogP contribution < -0.4 is 14.8 Å². The second-order valence-electron chi connectivity index (χ2n) is 6.46. The lowest BCUT2D eigenvalue weighted by molar-refractivity contribution is 0.102. The van der Waals surface area contributed by atoms with Gasteiger partial charge in [0, 0.05) is 22.1 Å². The molecule has 3 rings (SSSR count). The summed E-state index contributed by atoms with van der Waals surface area (Å²) in [4.78, 5) is 18.4. The van der Waals surface area contributed by atoms with Crippen LogP contribution in [0.15, 0.2) is 42.5 Å². The summed E-state index contributed by atoms with van der Waals surface area (Å²) in [7, 11) is 3.25. The highest BCUT2D eigenvalue weighted by Crippen LogP contribution is 2.36. The van der Waals surface area contributed by atoms with Crippen molar-refractivity contribution < 1.29 is 14.3 Å². The van der Waals surface area contributed by atoms with Crippen molar-refractivity contribution in [3.63, 3.8) is 0 Å². The standard InChI is InChI=1S/C22H24N2O3S/c1-5-6-19-20(16-11-17(26-3)13-18(12-16)27-4)23-22(28-19)24-21(25)15-9-7-14(2)8-10-15/h7-13H,5-6H2,1-4H3,(H,23,24,25). The number of aryl methyl sites for hydroxylation is 2. The van der Waals surface area contributed by atoms with Crippen LogP contribution in [0.25, 0.3) is 11.3 Å². The summed E-state index contributed by atoms with van der Waals surface area (Å²) in [6.07, 6.45) is 1.87. The van der Waals surface area contributed by atoms with Crippen LogP contribution in [-0.4, -0.2) is 25.1 Å². The van der Waals surface area contributed by atoms with Crippen LogP contribution in [0.3, 0.4) is 0 Å². The van der Waals surface area contributed by atoms with E-state index >= 15 is 0 Å². The molecule has 0 spiro atoms. The molecule has 1 N–H and O–H groups in total. The summed E-state index contributed by atoms with van der Waals surface area (Å²) in [6.45, 7) is 4.12. The molecule has 2 aromatic carbocycles. The zero-order chi connectivity index (χ0) is 20.1. The summed E-state index contributed by atoms with van der Waals surface area (Å²) in [5.74, 6) is 1.25. The Bertz CT molecular complexity index is 942. The fourth-order valence-electron chi connectivity index (χ4n) is 2.85. The van der Waals surface area contributed by atoms with Gasteiger partial charge in [0.2, 0.25) is 0 Å². The second-order valence-corrected chi connectivity index (χ2v) is 7.55. The molecule has 0 saturated carbocycles. The number of benzene rings is 2. The number of ether oxygens (including phenoxy) is 2. The van der Waals surface area contributed by atoms with E-state index in [0.717, 1.165) is 34.5 Å². The Kier molecular flexibility index (Phi) is 6.31. The Balaban J connectivity index is 1.93. The lowest BCUT2D eigenvalue weighted by Crippen LogP contribution is -2.11. The number of nitrogens with zero attached hydrogens (tertiary/aromatic N) is 1. The lowest BCUT2D eigenvalue weighted by Gasteiger charge is -2.08. The third-order valence-corrected chi connectivity index (χ3v) is 5.36. The number of hydrogen-bond donors (Lipinski definition) is 1. The molecule has 1 amide bonds. The van der Waals surface area contributed by atoms with Crippen molar-refractivity contribution in [2.24, 2.45) is 0 Å².